The number of ether oxygens (including phenoxy) is 2. The van der Waals surface area contributed by atoms with Gasteiger partial charge in [0.25, 0.3) is 5.91 Å². The molecular weight excluding hydrogens is 270 g/mol. The Bertz CT molecular complexity index is 531. The number of carbonyl (C=O) groups is 1. The molecule has 21 heavy (non-hydrogen) atoms. The minimum Gasteiger partial charge on any atom is -0.495 e. The lowest BCUT2D eigenvalue weighted by atomic mass is 10.1. The van der Waals surface area contributed by atoms with Gasteiger partial charge in [-0.1, -0.05) is 11.8 Å². The van der Waals surface area contributed by atoms with E-state index in [9.17, 15) is 4.79 Å². The molecule has 0 unspecified atom stereocenters. The number of carbonyl (C=O) groups excluding carboxylic acids is 1. The molecule has 1 amide bonds. The number of hydrogen-bond donors (Lipinski definition) is 1. The molecule has 0 bridgehead atoms. The van der Waals surface area contributed by atoms with Gasteiger partial charge in [-0.25, -0.2) is 0 Å². The molecule has 0 atom stereocenters. The van der Waals surface area contributed by atoms with Crippen LogP contribution in [0.3, 0.4) is 0 Å². The molecule has 5 heteroatoms. The summed E-state index contributed by atoms with van der Waals surface area (Å²) in [6.45, 7) is 3.31. The van der Waals surface area contributed by atoms with Crippen LogP contribution in [-0.4, -0.2) is 56.4 Å². The minimum absolute atomic E-state index is 0.0794. The van der Waals surface area contributed by atoms with E-state index in [0.29, 0.717) is 36.6 Å². The Morgan fingerprint density at radius 1 is 1.38 bits per heavy atom. The lowest BCUT2D eigenvalue weighted by Crippen LogP contribution is -2.33. The molecule has 0 aliphatic carbocycles. The second-order valence-electron chi connectivity index (χ2n) is 4.25. The Hall–Kier alpha value is -2.03. The molecule has 0 fully saturated rings. The van der Waals surface area contributed by atoms with Crippen LogP contribution in [0.4, 0.5) is 0 Å². The van der Waals surface area contributed by atoms with E-state index in [1.54, 1.807) is 30.2 Å². The first-order valence-electron chi connectivity index (χ1n) is 6.73. The number of likely N-dealkylation sites (N-methyl/N-ethyl adjacent to an activating group) is 1. The molecule has 1 aromatic carbocycles. The van der Waals surface area contributed by atoms with Gasteiger partial charge >= 0.3 is 0 Å². The minimum atomic E-state index is -0.240. The number of hydrogen-bond acceptors (Lipinski definition) is 4. The number of methoxy groups -OCH3 is 2. The van der Waals surface area contributed by atoms with Crippen LogP contribution in [0.15, 0.2) is 18.2 Å². The van der Waals surface area contributed by atoms with E-state index >= 15 is 0 Å². The van der Waals surface area contributed by atoms with Crippen molar-refractivity contribution < 1.29 is 19.4 Å². The van der Waals surface area contributed by atoms with Crippen molar-refractivity contribution in [1.82, 2.24) is 4.90 Å². The summed E-state index contributed by atoms with van der Waals surface area (Å²) >= 11 is 0. The van der Waals surface area contributed by atoms with Crippen molar-refractivity contribution in [3.63, 3.8) is 0 Å². The molecule has 0 aliphatic rings. The molecular formula is C16H21NO4. The van der Waals surface area contributed by atoms with Crippen LogP contribution < -0.4 is 4.74 Å². The summed E-state index contributed by atoms with van der Waals surface area (Å²) in [5, 5.41) is 8.79. The number of nitrogens with zero attached hydrogens (tertiary/aromatic N) is 1. The second kappa shape index (κ2) is 9.01. The van der Waals surface area contributed by atoms with Gasteiger partial charge in [-0.2, -0.15) is 0 Å². The van der Waals surface area contributed by atoms with Gasteiger partial charge < -0.3 is 19.5 Å². The van der Waals surface area contributed by atoms with Crippen molar-refractivity contribution in [1.29, 1.82) is 0 Å². The van der Waals surface area contributed by atoms with Gasteiger partial charge in [0, 0.05) is 25.8 Å². The first kappa shape index (κ1) is 17.0. The summed E-state index contributed by atoms with van der Waals surface area (Å²) in [6.07, 6.45) is 0. The van der Waals surface area contributed by atoms with Crippen molar-refractivity contribution in [3.05, 3.63) is 29.3 Å². The van der Waals surface area contributed by atoms with Gasteiger partial charge in [-0.3, -0.25) is 4.79 Å². The number of benzene rings is 1. The summed E-state index contributed by atoms with van der Waals surface area (Å²) in [6, 6.07) is 5.10. The number of aliphatic hydroxyl groups excluding tert-OH is 1. The summed E-state index contributed by atoms with van der Waals surface area (Å²) in [7, 11) is 3.15. The maximum absolute atomic E-state index is 12.4. The third-order valence-electron chi connectivity index (χ3n) is 2.98. The first-order valence-corrected chi connectivity index (χ1v) is 6.73. The highest BCUT2D eigenvalue weighted by Crippen LogP contribution is 2.19. The number of amides is 1. The van der Waals surface area contributed by atoms with E-state index in [1.807, 2.05) is 6.92 Å². The summed E-state index contributed by atoms with van der Waals surface area (Å²) in [5.74, 6) is 5.85. The molecule has 0 spiro atoms. The standard InChI is InChI=1S/C16H21NO4/c1-4-17(9-11-20-2)16(19)14-7-8-15(21-3)13(12-14)6-5-10-18/h7-8,12,18H,4,9-11H2,1-3H3. The largest absolute Gasteiger partial charge is 0.495 e. The number of rotatable bonds is 6. The average molecular weight is 291 g/mol. The molecule has 0 aliphatic heterocycles. The third-order valence-corrected chi connectivity index (χ3v) is 2.98. The Morgan fingerprint density at radius 3 is 2.71 bits per heavy atom. The third kappa shape index (κ3) is 4.78. The van der Waals surface area contributed by atoms with Gasteiger partial charge in [0.15, 0.2) is 0 Å². The fourth-order valence-electron chi connectivity index (χ4n) is 1.86. The molecule has 5 nitrogen and oxygen atoms in total. The second-order valence-corrected chi connectivity index (χ2v) is 4.25. The maximum Gasteiger partial charge on any atom is 0.253 e. The van der Waals surface area contributed by atoms with E-state index in [2.05, 4.69) is 11.8 Å². The van der Waals surface area contributed by atoms with Crippen molar-refractivity contribution in [2.75, 3.05) is 40.5 Å². The first-order chi connectivity index (χ1) is 10.2. The van der Waals surface area contributed by atoms with Gasteiger partial charge in [-0.05, 0) is 25.1 Å². The molecule has 1 rings (SSSR count). The van der Waals surface area contributed by atoms with E-state index in [-0.39, 0.29) is 12.5 Å². The molecule has 114 valence electrons. The summed E-state index contributed by atoms with van der Waals surface area (Å²) in [4.78, 5) is 14.1. The van der Waals surface area contributed by atoms with Crippen LogP contribution in [0.2, 0.25) is 0 Å². The SMILES string of the molecule is CCN(CCOC)C(=O)c1ccc(OC)c(C#CCO)c1. The van der Waals surface area contributed by atoms with Crippen molar-refractivity contribution in [2.24, 2.45) is 0 Å². The molecule has 1 N–H and O–H groups in total. The van der Waals surface area contributed by atoms with E-state index in [1.165, 1.54) is 7.11 Å². The molecule has 0 radical (unpaired) electrons. The Morgan fingerprint density at radius 2 is 2.14 bits per heavy atom. The normalized spacial score (nSPS) is 9.71. The molecule has 0 aromatic heterocycles. The Labute approximate surface area is 125 Å². The highest BCUT2D eigenvalue weighted by Gasteiger charge is 2.15. The predicted octanol–water partition coefficient (Wildman–Crippen LogP) is 1.15. The average Bonchev–Trinajstić information content (AvgIpc) is 2.53. The molecule has 0 heterocycles. The Kier molecular flexibility index (Phi) is 7.30. The van der Waals surface area contributed by atoms with Crippen LogP contribution in [0.1, 0.15) is 22.8 Å². The molecule has 0 saturated carbocycles. The van der Waals surface area contributed by atoms with Crippen molar-refractivity contribution in [3.8, 4) is 17.6 Å². The zero-order valence-electron chi connectivity index (χ0n) is 12.7. The fourth-order valence-corrected chi connectivity index (χ4v) is 1.86. The lowest BCUT2D eigenvalue weighted by molar-refractivity contribution is 0.0706. The van der Waals surface area contributed by atoms with E-state index in [0.717, 1.165) is 0 Å². The van der Waals surface area contributed by atoms with Gasteiger partial charge in [0.2, 0.25) is 0 Å². The van der Waals surface area contributed by atoms with Gasteiger partial charge in [0.1, 0.15) is 12.4 Å². The van der Waals surface area contributed by atoms with Crippen LogP contribution in [0.5, 0.6) is 5.75 Å². The number of aliphatic hydroxyl groups is 1. The van der Waals surface area contributed by atoms with Crippen molar-refractivity contribution >= 4 is 5.91 Å². The zero-order valence-corrected chi connectivity index (χ0v) is 12.7. The Balaban J connectivity index is 3.03. The summed E-state index contributed by atoms with van der Waals surface area (Å²) in [5.41, 5.74) is 1.12. The van der Waals surface area contributed by atoms with Crippen LogP contribution in [0, 0.1) is 11.8 Å². The fraction of sp³-hybridized carbons (Fsp3) is 0.438. The zero-order chi connectivity index (χ0) is 15.7. The van der Waals surface area contributed by atoms with E-state index < -0.39 is 0 Å². The van der Waals surface area contributed by atoms with Gasteiger partial charge in [0.05, 0.1) is 19.3 Å². The topological polar surface area (TPSA) is 59.0 Å². The highest BCUT2D eigenvalue weighted by atomic mass is 16.5. The predicted molar refractivity (Wildman–Crippen MR) is 80.4 cm³/mol. The smallest absolute Gasteiger partial charge is 0.253 e. The van der Waals surface area contributed by atoms with Crippen molar-refractivity contribution in [2.45, 2.75) is 6.92 Å². The molecule has 0 saturated heterocycles. The van der Waals surface area contributed by atoms with Crippen LogP contribution >= 0.6 is 0 Å². The van der Waals surface area contributed by atoms with Gasteiger partial charge in [-0.15, -0.1) is 0 Å². The molecule has 1 aromatic rings. The quantitative estimate of drug-likeness (QED) is 0.799. The van der Waals surface area contributed by atoms with Crippen LogP contribution in [-0.2, 0) is 4.74 Å². The summed E-state index contributed by atoms with van der Waals surface area (Å²) < 4.78 is 10.2. The van der Waals surface area contributed by atoms with Crippen LogP contribution in [0.25, 0.3) is 0 Å². The van der Waals surface area contributed by atoms with E-state index in [4.69, 9.17) is 14.6 Å². The highest BCUT2D eigenvalue weighted by molar-refractivity contribution is 5.94. The maximum atomic E-state index is 12.4. The lowest BCUT2D eigenvalue weighted by Gasteiger charge is -2.20. The monoisotopic (exact) mass is 291 g/mol.